The Morgan fingerprint density at radius 3 is 2.90 bits per heavy atom. The van der Waals surface area contributed by atoms with Crippen LogP contribution >= 0.6 is 0 Å². The van der Waals surface area contributed by atoms with Crippen LogP contribution in [-0.2, 0) is 4.79 Å². The second-order valence-electron chi connectivity index (χ2n) is 4.96. The van der Waals surface area contributed by atoms with Crippen LogP contribution in [-0.4, -0.2) is 64.8 Å². The fourth-order valence-electron chi connectivity index (χ4n) is 2.69. The van der Waals surface area contributed by atoms with E-state index in [1.165, 1.54) is 22.1 Å². The SMILES string of the molecule is C=CCN1C(=O)[C@H]2CN(C(=O)c3ccco3)CCN2C1=O. The maximum Gasteiger partial charge on any atom is 0.327 e. The van der Waals surface area contributed by atoms with E-state index in [9.17, 15) is 14.4 Å². The zero-order valence-electron chi connectivity index (χ0n) is 11.4. The largest absolute Gasteiger partial charge is 0.459 e. The molecular weight excluding hydrogens is 274 g/mol. The van der Waals surface area contributed by atoms with E-state index in [0.717, 1.165) is 0 Å². The molecule has 0 spiro atoms. The number of fused-ring (bicyclic) bond motifs is 1. The highest BCUT2D eigenvalue weighted by atomic mass is 16.3. The number of rotatable bonds is 3. The van der Waals surface area contributed by atoms with Crippen molar-refractivity contribution < 1.29 is 18.8 Å². The van der Waals surface area contributed by atoms with Crippen molar-refractivity contribution in [2.45, 2.75) is 6.04 Å². The van der Waals surface area contributed by atoms with Gasteiger partial charge in [-0.15, -0.1) is 6.58 Å². The zero-order chi connectivity index (χ0) is 15.0. The fraction of sp³-hybridized carbons (Fsp3) is 0.357. The van der Waals surface area contributed by atoms with E-state index in [4.69, 9.17) is 4.42 Å². The van der Waals surface area contributed by atoms with Gasteiger partial charge in [-0.05, 0) is 12.1 Å². The summed E-state index contributed by atoms with van der Waals surface area (Å²) in [5.41, 5.74) is 0. The van der Waals surface area contributed by atoms with Crippen LogP contribution in [0.4, 0.5) is 4.79 Å². The van der Waals surface area contributed by atoms with Crippen LogP contribution in [0.2, 0.25) is 0 Å². The van der Waals surface area contributed by atoms with Crippen molar-refractivity contribution in [3.8, 4) is 0 Å². The van der Waals surface area contributed by atoms with Crippen molar-refractivity contribution >= 4 is 17.8 Å². The topological polar surface area (TPSA) is 74.1 Å². The molecule has 0 bridgehead atoms. The molecule has 0 aromatic carbocycles. The smallest absolute Gasteiger partial charge is 0.327 e. The predicted octanol–water partition coefficient (Wildman–Crippen LogP) is 0.554. The van der Waals surface area contributed by atoms with Gasteiger partial charge in [-0.25, -0.2) is 4.79 Å². The molecule has 1 aromatic heterocycles. The highest BCUT2D eigenvalue weighted by Crippen LogP contribution is 2.23. The summed E-state index contributed by atoms with van der Waals surface area (Å²) in [5.74, 6) is -0.304. The number of furan rings is 1. The molecule has 7 nitrogen and oxygen atoms in total. The quantitative estimate of drug-likeness (QED) is 0.602. The van der Waals surface area contributed by atoms with Crippen molar-refractivity contribution in [2.24, 2.45) is 0 Å². The van der Waals surface area contributed by atoms with Crippen LogP contribution < -0.4 is 0 Å². The third-order valence-electron chi connectivity index (χ3n) is 3.74. The lowest BCUT2D eigenvalue weighted by atomic mass is 10.1. The second kappa shape index (κ2) is 5.08. The first-order valence-corrected chi connectivity index (χ1v) is 6.69. The summed E-state index contributed by atoms with van der Waals surface area (Å²) in [7, 11) is 0. The Kier molecular flexibility index (Phi) is 3.25. The minimum absolute atomic E-state index is 0.191. The third kappa shape index (κ3) is 2.10. The Bertz CT molecular complexity index is 595. The first-order chi connectivity index (χ1) is 10.1. The van der Waals surface area contributed by atoms with E-state index in [-0.39, 0.29) is 36.7 Å². The van der Waals surface area contributed by atoms with E-state index in [2.05, 4.69) is 6.58 Å². The summed E-state index contributed by atoms with van der Waals surface area (Å²) in [5, 5.41) is 0. The van der Waals surface area contributed by atoms with Crippen LogP contribution in [0.15, 0.2) is 35.5 Å². The number of hydrogen-bond donors (Lipinski definition) is 0. The van der Waals surface area contributed by atoms with Crippen LogP contribution in [0.3, 0.4) is 0 Å². The molecule has 4 amide bonds. The van der Waals surface area contributed by atoms with E-state index in [1.54, 1.807) is 17.0 Å². The molecule has 1 aromatic rings. The number of piperazine rings is 1. The van der Waals surface area contributed by atoms with E-state index >= 15 is 0 Å². The Morgan fingerprint density at radius 2 is 2.24 bits per heavy atom. The van der Waals surface area contributed by atoms with Gasteiger partial charge in [0.25, 0.3) is 11.8 Å². The molecule has 21 heavy (non-hydrogen) atoms. The molecule has 2 saturated heterocycles. The summed E-state index contributed by atoms with van der Waals surface area (Å²) in [4.78, 5) is 40.8. The molecule has 0 aliphatic carbocycles. The van der Waals surface area contributed by atoms with Crippen LogP contribution in [0.25, 0.3) is 0 Å². The van der Waals surface area contributed by atoms with Gasteiger partial charge in [0.1, 0.15) is 6.04 Å². The second-order valence-corrected chi connectivity index (χ2v) is 4.96. The standard InChI is InChI=1S/C14H15N3O4/c1-2-5-17-12(18)10-9-15(6-7-16(10)14(17)20)13(19)11-4-3-8-21-11/h2-4,8,10H,1,5-7,9H2/t10-/m1/s1. The maximum atomic E-state index is 12.2. The van der Waals surface area contributed by atoms with Crippen molar-refractivity contribution in [3.05, 3.63) is 36.8 Å². The van der Waals surface area contributed by atoms with Gasteiger partial charge in [-0.2, -0.15) is 0 Å². The van der Waals surface area contributed by atoms with Gasteiger partial charge >= 0.3 is 6.03 Å². The van der Waals surface area contributed by atoms with Gasteiger partial charge in [0.05, 0.1) is 12.8 Å². The highest BCUT2D eigenvalue weighted by Gasteiger charge is 2.48. The summed E-state index contributed by atoms with van der Waals surface area (Å²) < 4.78 is 5.09. The molecule has 7 heteroatoms. The normalized spacial score (nSPS) is 21.7. The molecule has 0 radical (unpaired) electrons. The highest BCUT2D eigenvalue weighted by molar-refractivity contribution is 6.05. The number of nitrogens with zero attached hydrogens (tertiary/aromatic N) is 3. The molecule has 110 valence electrons. The van der Waals surface area contributed by atoms with E-state index in [1.807, 2.05) is 0 Å². The molecule has 3 rings (SSSR count). The minimum Gasteiger partial charge on any atom is -0.459 e. The summed E-state index contributed by atoms with van der Waals surface area (Å²) in [6.07, 6.45) is 2.94. The number of amides is 4. The minimum atomic E-state index is -0.606. The first kappa shape index (κ1) is 13.4. The number of carbonyl (C=O) groups is 3. The van der Waals surface area contributed by atoms with Crippen LogP contribution in [0.1, 0.15) is 10.6 Å². The maximum absolute atomic E-state index is 12.2. The van der Waals surface area contributed by atoms with Gasteiger partial charge in [0, 0.05) is 19.6 Å². The molecule has 3 heterocycles. The molecular formula is C14H15N3O4. The summed E-state index contributed by atoms with van der Waals surface area (Å²) in [6, 6.07) is 2.31. The number of imide groups is 1. The average Bonchev–Trinajstić information content (AvgIpc) is 3.10. The number of urea groups is 1. The van der Waals surface area contributed by atoms with Crippen molar-refractivity contribution in [1.29, 1.82) is 0 Å². The molecule has 2 aliphatic rings. The van der Waals surface area contributed by atoms with Gasteiger partial charge in [0.2, 0.25) is 0 Å². The number of carbonyl (C=O) groups excluding carboxylic acids is 3. The lowest BCUT2D eigenvalue weighted by Gasteiger charge is -2.34. The summed E-state index contributed by atoms with van der Waals surface area (Å²) in [6.45, 7) is 4.66. The van der Waals surface area contributed by atoms with E-state index < -0.39 is 6.04 Å². The monoisotopic (exact) mass is 289 g/mol. The van der Waals surface area contributed by atoms with Crippen LogP contribution in [0, 0.1) is 0 Å². The van der Waals surface area contributed by atoms with Gasteiger partial charge in [-0.3, -0.25) is 14.5 Å². The fourth-order valence-corrected chi connectivity index (χ4v) is 2.69. The molecule has 2 fully saturated rings. The predicted molar refractivity (Wildman–Crippen MR) is 72.4 cm³/mol. The average molecular weight is 289 g/mol. The first-order valence-electron chi connectivity index (χ1n) is 6.69. The molecule has 1 atom stereocenters. The Balaban J connectivity index is 1.76. The van der Waals surface area contributed by atoms with Crippen molar-refractivity contribution in [3.63, 3.8) is 0 Å². The van der Waals surface area contributed by atoms with E-state index in [0.29, 0.717) is 13.1 Å². The van der Waals surface area contributed by atoms with Crippen molar-refractivity contribution in [1.82, 2.24) is 14.7 Å². The lowest BCUT2D eigenvalue weighted by Crippen LogP contribution is -2.54. The van der Waals surface area contributed by atoms with Crippen molar-refractivity contribution in [2.75, 3.05) is 26.2 Å². The lowest BCUT2D eigenvalue weighted by molar-refractivity contribution is -0.128. The summed E-state index contributed by atoms with van der Waals surface area (Å²) >= 11 is 0. The van der Waals surface area contributed by atoms with Gasteiger partial charge < -0.3 is 14.2 Å². The van der Waals surface area contributed by atoms with Crippen LogP contribution in [0.5, 0.6) is 0 Å². The van der Waals surface area contributed by atoms with Gasteiger partial charge in [0.15, 0.2) is 5.76 Å². The van der Waals surface area contributed by atoms with Gasteiger partial charge in [-0.1, -0.05) is 6.08 Å². The number of hydrogen-bond acceptors (Lipinski definition) is 4. The molecule has 0 saturated carbocycles. The molecule has 0 unspecified atom stereocenters. The molecule has 0 N–H and O–H groups in total. The third-order valence-corrected chi connectivity index (χ3v) is 3.74. The Hall–Kier alpha value is -2.57. The Labute approximate surface area is 121 Å². The molecule has 2 aliphatic heterocycles. The Morgan fingerprint density at radius 1 is 1.43 bits per heavy atom. The zero-order valence-corrected chi connectivity index (χ0v) is 11.4.